The summed E-state index contributed by atoms with van der Waals surface area (Å²) in [5, 5.41) is 0.548. The van der Waals surface area contributed by atoms with Gasteiger partial charge in [0, 0.05) is 0 Å². The van der Waals surface area contributed by atoms with E-state index in [4.69, 9.17) is 15.8 Å². The molecule has 1 aliphatic heterocycles. The third kappa shape index (κ3) is 2.99. The molecule has 22 heavy (non-hydrogen) atoms. The number of aryl methyl sites for hydroxylation is 1. The van der Waals surface area contributed by atoms with Gasteiger partial charge in [-0.15, -0.1) is 0 Å². The SMILES string of the molecule is Cc1cn(C2CC([O][Tl])C(C[O][Tl])O2)c2nc(N)[nH]c(=O)c12. The van der Waals surface area contributed by atoms with Gasteiger partial charge in [0.25, 0.3) is 0 Å². The van der Waals surface area contributed by atoms with Gasteiger partial charge >= 0.3 is 160 Å². The fourth-order valence-electron chi connectivity index (χ4n) is 2.83. The third-order valence-corrected chi connectivity index (χ3v) is 5.92. The standard InChI is InChI=1S/C12H14N4O4.2Tl/c1-5-3-16(8-2-6(18)7(4-17)20-8)10-9(5)11(19)15-12(13)14-10;;/h3,6-8H,2,4H2,1H3,(H3,13,14,15,19);;/q-2;2*+1. The number of nitrogens with one attached hydrogen (secondary N) is 1. The summed E-state index contributed by atoms with van der Waals surface area (Å²) >= 11 is 0.913. The first-order valence-electron chi connectivity index (χ1n) is 6.74. The summed E-state index contributed by atoms with van der Waals surface area (Å²) in [7, 11) is 0. The number of hydrogen-bond donors (Lipinski definition) is 2. The van der Waals surface area contributed by atoms with E-state index < -0.39 is 0 Å². The predicted molar refractivity (Wildman–Crippen MR) is 80.4 cm³/mol. The summed E-state index contributed by atoms with van der Waals surface area (Å²) < 4.78 is 18.9. The molecule has 0 spiro atoms. The number of ether oxygens (including phenoxy) is 1. The van der Waals surface area contributed by atoms with Crippen LogP contribution in [0.2, 0.25) is 0 Å². The van der Waals surface area contributed by atoms with Crippen molar-refractivity contribution < 1.29 is 10.1 Å². The minimum atomic E-state index is -0.227. The van der Waals surface area contributed by atoms with Crippen molar-refractivity contribution in [1.82, 2.24) is 14.5 Å². The van der Waals surface area contributed by atoms with E-state index in [0.717, 1.165) is 5.56 Å². The van der Waals surface area contributed by atoms with Gasteiger partial charge in [-0.25, -0.2) is 0 Å². The van der Waals surface area contributed by atoms with Crippen LogP contribution in [0.1, 0.15) is 18.2 Å². The quantitative estimate of drug-likeness (QED) is 0.420. The molecular formula is C12H14N4O4Tl2. The normalized spacial score (nSPS) is 25.0. The maximum absolute atomic E-state index is 12.1. The molecule has 3 N–H and O–H groups in total. The van der Waals surface area contributed by atoms with Crippen LogP contribution in [0.3, 0.4) is 0 Å². The zero-order valence-electron chi connectivity index (χ0n) is 12.0. The minimum absolute atomic E-state index is 0.0332. The van der Waals surface area contributed by atoms with Crippen molar-refractivity contribution in [3.05, 3.63) is 22.1 Å². The Morgan fingerprint density at radius 2 is 2.36 bits per heavy atom. The van der Waals surface area contributed by atoms with Crippen molar-refractivity contribution in [2.24, 2.45) is 0 Å². The molecule has 3 heterocycles. The average molecular weight is 687 g/mol. The number of nitrogens with two attached hydrogens (primary N) is 1. The second-order valence-corrected chi connectivity index (χ2v) is 7.60. The second kappa shape index (κ2) is 6.82. The van der Waals surface area contributed by atoms with Gasteiger partial charge in [-0.3, -0.25) is 0 Å². The van der Waals surface area contributed by atoms with Crippen LogP contribution in [0, 0.1) is 6.92 Å². The molecular weight excluding hydrogens is 673 g/mol. The summed E-state index contributed by atoms with van der Waals surface area (Å²) in [5.41, 5.74) is 6.85. The van der Waals surface area contributed by atoms with Gasteiger partial charge in [-0.2, -0.15) is 0 Å². The Kier molecular flexibility index (Phi) is 5.21. The fraction of sp³-hybridized carbons (Fsp3) is 0.500. The van der Waals surface area contributed by atoms with Gasteiger partial charge < -0.3 is 0 Å². The van der Waals surface area contributed by atoms with Crippen molar-refractivity contribution in [1.29, 1.82) is 0 Å². The second-order valence-electron chi connectivity index (χ2n) is 5.24. The zero-order chi connectivity index (χ0) is 15.9. The molecule has 2 aromatic heterocycles. The summed E-state index contributed by atoms with van der Waals surface area (Å²) in [4.78, 5) is 18.9. The predicted octanol–water partition coefficient (Wildman–Crippen LogP) is -0.528. The monoisotopic (exact) mass is 688 g/mol. The van der Waals surface area contributed by atoms with Gasteiger partial charge in [0.1, 0.15) is 0 Å². The molecule has 8 nitrogen and oxygen atoms in total. The van der Waals surface area contributed by atoms with Crippen LogP contribution >= 0.6 is 0 Å². The first kappa shape index (κ1) is 16.8. The van der Waals surface area contributed by atoms with E-state index >= 15 is 0 Å². The molecule has 0 aromatic carbocycles. The van der Waals surface area contributed by atoms with Crippen LogP contribution in [-0.2, 0) is 10.1 Å². The van der Waals surface area contributed by atoms with E-state index in [0.29, 0.717) is 76.5 Å². The van der Waals surface area contributed by atoms with Crippen molar-refractivity contribution in [3.63, 3.8) is 0 Å². The molecule has 1 aliphatic rings. The van der Waals surface area contributed by atoms with Gasteiger partial charge in [0.15, 0.2) is 0 Å². The Morgan fingerprint density at radius 1 is 1.59 bits per heavy atom. The maximum atomic E-state index is 12.1. The van der Waals surface area contributed by atoms with Crippen LogP contribution < -0.4 is 11.3 Å². The Labute approximate surface area is 159 Å². The molecule has 3 unspecified atom stereocenters. The number of nitrogen functional groups attached to an aromatic ring is 1. The van der Waals surface area contributed by atoms with Crippen molar-refractivity contribution in [2.75, 3.05) is 12.3 Å². The number of aromatic nitrogens is 3. The molecule has 1 fully saturated rings. The average Bonchev–Trinajstić information content (AvgIpc) is 3.00. The van der Waals surface area contributed by atoms with Gasteiger partial charge in [0.05, 0.1) is 0 Å². The molecule has 0 radical (unpaired) electrons. The van der Waals surface area contributed by atoms with Crippen LogP contribution in [-0.4, -0.2) is 85.8 Å². The van der Waals surface area contributed by atoms with E-state index in [1.165, 1.54) is 0 Å². The van der Waals surface area contributed by atoms with Gasteiger partial charge in [-0.1, -0.05) is 0 Å². The summed E-state index contributed by atoms with van der Waals surface area (Å²) in [6, 6.07) is 0. The van der Waals surface area contributed by atoms with Crippen molar-refractivity contribution >= 4 is 69.4 Å². The number of aromatic amines is 1. The van der Waals surface area contributed by atoms with Gasteiger partial charge in [-0.05, 0) is 0 Å². The van der Waals surface area contributed by atoms with E-state index in [2.05, 4.69) is 9.97 Å². The van der Waals surface area contributed by atoms with Crippen LogP contribution in [0.5, 0.6) is 0 Å². The third-order valence-electron chi connectivity index (χ3n) is 3.82. The molecule has 0 aliphatic carbocycles. The summed E-state index contributed by atoms with van der Waals surface area (Å²) in [5.74, 6) is 0.104. The molecule has 2 aromatic rings. The molecule has 3 atom stereocenters. The van der Waals surface area contributed by atoms with Crippen LogP contribution in [0.15, 0.2) is 11.0 Å². The molecule has 112 valence electrons. The molecule has 3 rings (SSSR count). The Hall–Kier alpha value is -0.0558. The number of rotatable bonds is 4. The van der Waals surface area contributed by atoms with Gasteiger partial charge in [0.2, 0.25) is 0 Å². The Bertz CT molecular complexity index is 747. The topological polar surface area (TPSA) is 104 Å². The first-order chi connectivity index (χ1) is 10.5. The van der Waals surface area contributed by atoms with Crippen molar-refractivity contribution in [3.8, 4) is 0 Å². The molecule has 0 bridgehead atoms. The number of fused-ring (bicyclic) bond motifs is 1. The molecule has 0 amide bonds. The Balaban J connectivity index is 2.02. The number of hydrogen-bond acceptors (Lipinski definition) is 6. The number of nitrogens with zero attached hydrogens (tertiary/aromatic N) is 2. The zero-order valence-corrected chi connectivity index (χ0v) is 21.0. The van der Waals surface area contributed by atoms with Crippen molar-refractivity contribution in [2.45, 2.75) is 31.8 Å². The summed E-state index contributed by atoms with van der Waals surface area (Å²) in [6.07, 6.45) is 2.34. The van der Waals surface area contributed by atoms with E-state index in [1.807, 2.05) is 17.7 Å². The molecule has 0 saturated carbocycles. The van der Waals surface area contributed by atoms with Crippen LogP contribution in [0.25, 0.3) is 11.0 Å². The molecule has 10 heteroatoms. The van der Waals surface area contributed by atoms with E-state index in [9.17, 15) is 4.79 Å². The van der Waals surface area contributed by atoms with Crippen LogP contribution in [0.4, 0.5) is 5.95 Å². The summed E-state index contributed by atoms with van der Waals surface area (Å²) in [6.45, 7) is 2.43. The van der Waals surface area contributed by atoms with E-state index in [-0.39, 0.29) is 29.9 Å². The Morgan fingerprint density at radius 3 is 3.05 bits per heavy atom. The first-order valence-corrected chi connectivity index (χ1v) is 10.4. The number of H-pyrrole nitrogens is 1. The number of anilines is 1. The molecule has 1 saturated heterocycles. The fourth-order valence-corrected chi connectivity index (χ4v) is 4.68. The van der Waals surface area contributed by atoms with E-state index in [1.54, 1.807) is 0 Å².